The summed E-state index contributed by atoms with van der Waals surface area (Å²) in [7, 11) is 7.36. The lowest BCUT2D eigenvalue weighted by Gasteiger charge is -2.26. The van der Waals surface area contributed by atoms with E-state index in [0.29, 0.717) is 24.6 Å². The third-order valence-electron chi connectivity index (χ3n) is 4.82. The molecule has 0 aliphatic heterocycles. The molecule has 0 unspecified atom stereocenters. The number of aliphatic hydroxyl groups excluding tert-OH is 1. The van der Waals surface area contributed by atoms with Crippen LogP contribution in [0.2, 0.25) is 0 Å². The van der Waals surface area contributed by atoms with Crippen LogP contribution in [0.3, 0.4) is 0 Å². The summed E-state index contributed by atoms with van der Waals surface area (Å²) < 4.78 is 16.4. The van der Waals surface area contributed by atoms with Crippen LogP contribution in [0.5, 0.6) is 17.2 Å². The zero-order valence-electron chi connectivity index (χ0n) is 18.6. The zero-order chi connectivity index (χ0) is 21.9. The summed E-state index contributed by atoms with van der Waals surface area (Å²) in [6, 6.07) is 14.0. The molecule has 2 aromatic rings. The summed E-state index contributed by atoms with van der Waals surface area (Å²) in [5, 5.41) is 13.7. The van der Waals surface area contributed by atoms with Crippen LogP contribution >= 0.6 is 0 Å². The lowest BCUT2D eigenvalue weighted by atomic mass is 10.1. The van der Waals surface area contributed by atoms with Gasteiger partial charge in [0, 0.05) is 19.1 Å². The Hall–Kier alpha value is -2.54. The van der Waals surface area contributed by atoms with E-state index in [0.717, 1.165) is 11.3 Å². The molecule has 2 aromatic carbocycles. The lowest BCUT2D eigenvalue weighted by Crippen LogP contribution is -2.37. The molecule has 0 saturated heterocycles. The second-order valence-corrected chi connectivity index (χ2v) is 7.29. The maximum atomic E-state index is 10.3. The summed E-state index contributed by atoms with van der Waals surface area (Å²) >= 11 is 0. The molecule has 0 aromatic heterocycles. The molecule has 0 amide bonds. The minimum atomic E-state index is -0.636. The molecule has 2 N–H and O–H groups in total. The number of likely N-dealkylation sites (N-methyl/N-ethyl adjacent to an activating group) is 1. The predicted octanol–water partition coefficient (Wildman–Crippen LogP) is 3.37. The van der Waals surface area contributed by atoms with Crippen molar-refractivity contribution >= 4 is 6.08 Å². The first-order valence-corrected chi connectivity index (χ1v) is 10.1. The highest BCUT2D eigenvalue weighted by atomic mass is 16.5. The normalized spacial score (nSPS) is 13.4. The Labute approximate surface area is 180 Å². The number of nitrogens with one attached hydrogen (secondary N) is 1. The molecule has 0 fully saturated rings. The highest BCUT2D eigenvalue weighted by Crippen LogP contribution is 2.28. The summed E-state index contributed by atoms with van der Waals surface area (Å²) in [5.41, 5.74) is 2.22. The average Bonchev–Trinajstić information content (AvgIpc) is 2.75. The second-order valence-electron chi connectivity index (χ2n) is 7.29. The van der Waals surface area contributed by atoms with E-state index < -0.39 is 6.10 Å². The number of benzene rings is 2. The monoisotopic (exact) mass is 414 g/mol. The van der Waals surface area contributed by atoms with Gasteiger partial charge in [0.2, 0.25) is 0 Å². The lowest BCUT2D eigenvalue weighted by molar-refractivity contribution is 0.103. The fraction of sp³-hybridized carbons (Fsp3) is 0.417. The fourth-order valence-electron chi connectivity index (χ4n) is 3.16. The number of hydrogen-bond acceptors (Lipinski definition) is 6. The van der Waals surface area contributed by atoms with Crippen molar-refractivity contribution in [2.75, 3.05) is 48.0 Å². The van der Waals surface area contributed by atoms with Crippen LogP contribution in [-0.2, 0) is 0 Å². The van der Waals surface area contributed by atoms with Crippen molar-refractivity contribution < 1.29 is 19.3 Å². The van der Waals surface area contributed by atoms with Gasteiger partial charge in [0.25, 0.3) is 0 Å². The molecule has 0 radical (unpaired) electrons. The van der Waals surface area contributed by atoms with Crippen molar-refractivity contribution in [1.82, 2.24) is 10.2 Å². The predicted molar refractivity (Wildman–Crippen MR) is 121 cm³/mol. The Kier molecular flexibility index (Phi) is 9.67. The van der Waals surface area contributed by atoms with Gasteiger partial charge in [-0.2, -0.15) is 0 Å². The average molecular weight is 415 g/mol. The van der Waals surface area contributed by atoms with Crippen molar-refractivity contribution in [3.63, 3.8) is 0 Å². The molecule has 0 aliphatic carbocycles. The van der Waals surface area contributed by atoms with Crippen molar-refractivity contribution in [3.8, 4) is 17.2 Å². The maximum Gasteiger partial charge on any atom is 0.161 e. The SMILES string of the molecule is C/C=C/c1ccc(OC[C@@H](O)CNC[C@@H](c2ccc(OC)cc2)N(C)C)c(OC)c1. The molecule has 0 bridgehead atoms. The highest BCUT2D eigenvalue weighted by molar-refractivity contribution is 5.55. The van der Waals surface area contributed by atoms with Crippen molar-refractivity contribution in [1.29, 1.82) is 0 Å². The van der Waals surface area contributed by atoms with Crippen molar-refractivity contribution in [2.24, 2.45) is 0 Å². The summed E-state index contributed by atoms with van der Waals surface area (Å²) in [5.74, 6) is 2.11. The van der Waals surface area contributed by atoms with E-state index in [1.54, 1.807) is 14.2 Å². The number of rotatable bonds is 12. The van der Waals surface area contributed by atoms with Gasteiger partial charge in [-0.1, -0.05) is 30.4 Å². The van der Waals surface area contributed by atoms with E-state index in [-0.39, 0.29) is 12.6 Å². The first-order valence-electron chi connectivity index (χ1n) is 10.1. The van der Waals surface area contributed by atoms with E-state index in [1.807, 2.05) is 63.5 Å². The molecule has 2 atom stereocenters. The third kappa shape index (κ3) is 7.06. The smallest absolute Gasteiger partial charge is 0.161 e. The molecule has 164 valence electrons. The summed E-state index contributed by atoms with van der Waals surface area (Å²) in [6.45, 7) is 3.29. The zero-order valence-corrected chi connectivity index (χ0v) is 18.6. The van der Waals surface area contributed by atoms with Gasteiger partial charge in [-0.15, -0.1) is 0 Å². The second kappa shape index (κ2) is 12.2. The van der Waals surface area contributed by atoms with Crippen LogP contribution in [0, 0.1) is 0 Å². The van der Waals surface area contributed by atoms with Crippen molar-refractivity contribution in [3.05, 3.63) is 59.7 Å². The topological polar surface area (TPSA) is 63.2 Å². The van der Waals surface area contributed by atoms with E-state index in [4.69, 9.17) is 14.2 Å². The molecule has 6 heteroatoms. The van der Waals surface area contributed by atoms with Crippen LogP contribution in [0.15, 0.2) is 48.5 Å². The molecule has 0 heterocycles. The Morgan fingerprint density at radius 3 is 2.33 bits per heavy atom. The number of aliphatic hydroxyl groups is 1. The Morgan fingerprint density at radius 2 is 1.73 bits per heavy atom. The number of hydrogen-bond donors (Lipinski definition) is 2. The summed E-state index contributed by atoms with van der Waals surface area (Å²) in [6.07, 6.45) is 3.33. The van der Waals surface area contributed by atoms with Gasteiger partial charge in [-0.3, -0.25) is 0 Å². The third-order valence-corrected chi connectivity index (χ3v) is 4.82. The van der Waals surface area contributed by atoms with Gasteiger partial charge in [-0.25, -0.2) is 0 Å². The highest BCUT2D eigenvalue weighted by Gasteiger charge is 2.15. The largest absolute Gasteiger partial charge is 0.497 e. The Bertz CT molecular complexity index is 790. The first kappa shape index (κ1) is 23.7. The number of nitrogens with zero attached hydrogens (tertiary/aromatic N) is 1. The quantitative estimate of drug-likeness (QED) is 0.555. The van der Waals surface area contributed by atoms with Crippen molar-refractivity contribution in [2.45, 2.75) is 19.1 Å². The minimum Gasteiger partial charge on any atom is -0.497 e. The molecule has 6 nitrogen and oxygen atoms in total. The molecular formula is C24H34N2O4. The number of methoxy groups -OCH3 is 2. The van der Waals surface area contributed by atoms with Gasteiger partial charge >= 0.3 is 0 Å². The molecule has 0 spiro atoms. The minimum absolute atomic E-state index is 0.182. The summed E-state index contributed by atoms with van der Waals surface area (Å²) in [4.78, 5) is 2.15. The van der Waals surface area contributed by atoms with Crippen LogP contribution in [0.25, 0.3) is 6.08 Å². The number of allylic oxidation sites excluding steroid dienone is 1. The first-order chi connectivity index (χ1) is 14.5. The molecule has 0 saturated carbocycles. The molecule has 0 aliphatic rings. The van der Waals surface area contributed by atoms with Crippen LogP contribution in [-0.4, -0.2) is 64.1 Å². The van der Waals surface area contributed by atoms with Gasteiger partial charge in [0.05, 0.1) is 14.2 Å². The van der Waals surface area contributed by atoms with Gasteiger partial charge in [0.1, 0.15) is 18.5 Å². The standard InChI is InChI=1S/C24H34N2O4/c1-6-7-18-8-13-23(24(14-18)29-5)30-17-20(27)15-25-16-22(26(2)3)19-9-11-21(28-4)12-10-19/h6-14,20,22,25,27H,15-17H2,1-5H3/b7-6+/t20-,22-/m0/s1. The molecule has 30 heavy (non-hydrogen) atoms. The van der Waals surface area contributed by atoms with E-state index in [2.05, 4.69) is 22.3 Å². The van der Waals surface area contributed by atoms with E-state index in [9.17, 15) is 5.11 Å². The van der Waals surface area contributed by atoms with Crippen LogP contribution in [0.1, 0.15) is 24.1 Å². The van der Waals surface area contributed by atoms with Gasteiger partial charge in [0.15, 0.2) is 11.5 Å². The maximum absolute atomic E-state index is 10.3. The van der Waals surface area contributed by atoms with E-state index in [1.165, 1.54) is 5.56 Å². The molecular weight excluding hydrogens is 380 g/mol. The van der Waals surface area contributed by atoms with Crippen LogP contribution < -0.4 is 19.5 Å². The fourth-order valence-corrected chi connectivity index (χ4v) is 3.16. The van der Waals surface area contributed by atoms with E-state index >= 15 is 0 Å². The molecule has 2 rings (SSSR count). The Balaban J connectivity index is 1.85. The van der Waals surface area contributed by atoms with Gasteiger partial charge < -0.3 is 29.5 Å². The Morgan fingerprint density at radius 1 is 1.00 bits per heavy atom. The van der Waals surface area contributed by atoms with Crippen LogP contribution in [0.4, 0.5) is 0 Å². The van der Waals surface area contributed by atoms with Gasteiger partial charge in [-0.05, 0) is 56.4 Å². The number of ether oxygens (including phenoxy) is 3.